The Morgan fingerprint density at radius 2 is 2.19 bits per heavy atom. The molecule has 0 aliphatic carbocycles. The molecule has 0 spiro atoms. The van der Waals surface area contributed by atoms with Gasteiger partial charge in [-0.05, 0) is 31.0 Å². The number of rotatable bonds is 7. The van der Waals surface area contributed by atoms with Gasteiger partial charge in [-0.3, -0.25) is 4.79 Å². The monoisotopic (exact) mass is 292 g/mol. The minimum Gasteiger partial charge on any atom is -0.478 e. The quantitative estimate of drug-likeness (QED) is 0.678. The number of amides is 1. The Morgan fingerprint density at radius 3 is 2.81 bits per heavy atom. The number of nitrogens with one attached hydrogen (secondary N) is 2. The summed E-state index contributed by atoms with van der Waals surface area (Å²) in [5, 5.41) is 14.8. The van der Waals surface area contributed by atoms with Crippen molar-refractivity contribution >= 4 is 11.9 Å². The van der Waals surface area contributed by atoms with Crippen LogP contribution < -0.4 is 10.6 Å². The number of aromatic carboxylic acids is 1. The normalized spacial score (nSPS) is 16.0. The van der Waals surface area contributed by atoms with Gasteiger partial charge in [0.15, 0.2) is 0 Å². The van der Waals surface area contributed by atoms with Gasteiger partial charge in [0.2, 0.25) is 5.91 Å². The number of ether oxygens (including phenoxy) is 1. The Morgan fingerprint density at radius 1 is 1.43 bits per heavy atom. The Balaban J connectivity index is 1.70. The zero-order valence-corrected chi connectivity index (χ0v) is 12.0. The lowest BCUT2D eigenvalue weighted by molar-refractivity contribution is -0.135. The van der Waals surface area contributed by atoms with Crippen LogP contribution in [-0.2, 0) is 16.0 Å². The van der Waals surface area contributed by atoms with Gasteiger partial charge in [-0.15, -0.1) is 0 Å². The summed E-state index contributed by atoms with van der Waals surface area (Å²) in [5.41, 5.74) is 0.909. The van der Waals surface area contributed by atoms with Crippen molar-refractivity contribution in [3.63, 3.8) is 0 Å². The van der Waals surface area contributed by atoms with E-state index in [0.717, 1.165) is 18.7 Å². The number of hydrogen-bond donors (Lipinski definition) is 3. The third kappa shape index (κ3) is 4.54. The van der Waals surface area contributed by atoms with Crippen LogP contribution in [0.5, 0.6) is 0 Å². The molecule has 0 saturated carbocycles. The van der Waals surface area contributed by atoms with Gasteiger partial charge in [0.1, 0.15) is 6.61 Å². The summed E-state index contributed by atoms with van der Waals surface area (Å²) in [5.74, 6) is -1.10. The molecule has 1 aliphatic heterocycles. The van der Waals surface area contributed by atoms with Crippen molar-refractivity contribution in [2.24, 2.45) is 0 Å². The molecule has 1 heterocycles. The fourth-order valence-electron chi connectivity index (χ4n) is 2.08. The second-order valence-corrected chi connectivity index (χ2v) is 5.45. The molecule has 3 N–H and O–H groups in total. The molecule has 0 atom stereocenters. The molecule has 1 aliphatic rings. The van der Waals surface area contributed by atoms with E-state index in [0.29, 0.717) is 13.0 Å². The lowest BCUT2D eigenvalue weighted by atomic mass is 10.0. The summed E-state index contributed by atoms with van der Waals surface area (Å²) in [7, 11) is 0. The molecule has 0 unspecified atom stereocenters. The van der Waals surface area contributed by atoms with Crippen molar-refractivity contribution < 1.29 is 19.4 Å². The van der Waals surface area contributed by atoms with Gasteiger partial charge in [-0.25, -0.2) is 4.79 Å². The lowest BCUT2D eigenvalue weighted by Crippen LogP contribution is -2.59. The van der Waals surface area contributed by atoms with Crippen molar-refractivity contribution in [2.75, 3.05) is 26.2 Å². The number of carbonyl (C=O) groups is 2. The van der Waals surface area contributed by atoms with Crippen LogP contribution in [0.25, 0.3) is 0 Å². The van der Waals surface area contributed by atoms with Crippen LogP contribution in [0.15, 0.2) is 24.3 Å². The van der Waals surface area contributed by atoms with Crippen molar-refractivity contribution in [1.29, 1.82) is 0 Å². The first-order valence-corrected chi connectivity index (χ1v) is 6.92. The van der Waals surface area contributed by atoms with Gasteiger partial charge in [-0.1, -0.05) is 12.1 Å². The molecule has 1 aromatic rings. The lowest BCUT2D eigenvalue weighted by Gasteiger charge is -2.38. The Kier molecular flexibility index (Phi) is 4.93. The van der Waals surface area contributed by atoms with E-state index in [2.05, 4.69) is 10.6 Å². The zero-order valence-electron chi connectivity index (χ0n) is 12.0. The summed E-state index contributed by atoms with van der Waals surface area (Å²) < 4.78 is 5.53. The molecule has 1 amide bonds. The van der Waals surface area contributed by atoms with E-state index in [1.165, 1.54) is 0 Å². The largest absolute Gasteiger partial charge is 0.478 e. The Hall–Kier alpha value is -1.92. The van der Waals surface area contributed by atoms with Crippen molar-refractivity contribution in [2.45, 2.75) is 18.9 Å². The SMILES string of the molecule is CC1(OCC(=O)NCCc2cccc(C(=O)O)c2)CNC1. The topological polar surface area (TPSA) is 87.7 Å². The molecule has 1 fully saturated rings. The smallest absolute Gasteiger partial charge is 0.335 e. The molecule has 1 saturated heterocycles. The molecular weight excluding hydrogens is 272 g/mol. The second-order valence-electron chi connectivity index (χ2n) is 5.45. The van der Waals surface area contributed by atoms with Crippen molar-refractivity contribution in [3.05, 3.63) is 35.4 Å². The fraction of sp³-hybridized carbons (Fsp3) is 0.467. The number of hydrogen-bond acceptors (Lipinski definition) is 4. The molecule has 21 heavy (non-hydrogen) atoms. The first kappa shape index (κ1) is 15.5. The average Bonchev–Trinajstić information content (AvgIpc) is 2.43. The molecule has 0 radical (unpaired) electrons. The predicted octanol–water partition coefficient (Wildman–Crippen LogP) is 0.422. The van der Waals surface area contributed by atoms with Crippen LogP contribution in [0.3, 0.4) is 0 Å². The third-order valence-corrected chi connectivity index (χ3v) is 3.46. The van der Waals surface area contributed by atoms with Gasteiger partial charge in [0.25, 0.3) is 0 Å². The molecular formula is C15H20N2O4. The highest BCUT2D eigenvalue weighted by Crippen LogP contribution is 2.14. The maximum Gasteiger partial charge on any atom is 0.335 e. The summed E-state index contributed by atoms with van der Waals surface area (Å²) in [6.45, 7) is 4.01. The molecule has 114 valence electrons. The summed E-state index contributed by atoms with van der Waals surface area (Å²) in [4.78, 5) is 22.5. The van der Waals surface area contributed by atoms with E-state index in [1.54, 1.807) is 18.2 Å². The van der Waals surface area contributed by atoms with Crippen molar-refractivity contribution in [3.8, 4) is 0 Å². The van der Waals surface area contributed by atoms with E-state index < -0.39 is 5.97 Å². The maximum absolute atomic E-state index is 11.6. The van der Waals surface area contributed by atoms with E-state index >= 15 is 0 Å². The molecule has 0 bridgehead atoms. The first-order valence-electron chi connectivity index (χ1n) is 6.92. The van der Waals surface area contributed by atoms with Gasteiger partial charge in [-0.2, -0.15) is 0 Å². The maximum atomic E-state index is 11.6. The Labute approximate surface area is 123 Å². The summed E-state index contributed by atoms with van der Waals surface area (Å²) >= 11 is 0. The van der Waals surface area contributed by atoms with Crippen LogP contribution in [0.4, 0.5) is 0 Å². The van der Waals surface area contributed by atoms with E-state index in [9.17, 15) is 9.59 Å². The third-order valence-electron chi connectivity index (χ3n) is 3.46. The highest BCUT2D eigenvalue weighted by atomic mass is 16.5. The standard InChI is InChI=1S/C15H20N2O4/c1-15(9-16-10-15)21-8-13(18)17-6-5-11-3-2-4-12(7-11)14(19)20/h2-4,7,16H,5-6,8-10H2,1H3,(H,17,18)(H,19,20). The van der Waals surface area contributed by atoms with Crippen LogP contribution in [-0.4, -0.2) is 48.8 Å². The number of carboxylic acids is 1. The van der Waals surface area contributed by atoms with E-state index in [1.807, 2.05) is 13.0 Å². The summed E-state index contributed by atoms with van der Waals surface area (Å²) in [6, 6.07) is 6.71. The number of benzene rings is 1. The fourth-order valence-corrected chi connectivity index (χ4v) is 2.08. The average molecular weight is 292 g/mol. The first-order chi connectivity index (χ1) is 9.98. The predicted molar refractivity (Wildman–Crippen MR) is 77.3 cm³/mol. The van der Waals surface area contributed by atoms with Gasteiger partial charge < -0.3 is 20.5 Å². The molecule has 2 rings (SSSR count). The van der Waals surface area contributed by atoms with E-state index in [4.69, 9.17) is 9.84 Å². The van der Waals surface area contributed by atoms with Gasteiger partial charge in [0, 0.05) is 19.6 Å². The molecule has 6 heteroatoms. The highest BCUT2D eigenvalue weighted by Gasteiger charge is 2.32. The van der Waals surface area contributed by atoms with Crippen LogP contribution in [0.2, 0.25) is 0 Å². The number of carboxylic acid groups (broad SMARTS) is 1. The minimum absolute atomic E-state index is 0.0490. The highest BCUT2D eigenvalue weighted by molar-refractivity contribution is 5.87. The van der Waals surface area contributed by atoms with Crippen molar-refractivity contribution in [1.82, 2.24) is 10.6 Å². The van der Waals surface area contributed by atoms with Crippen LogP contribution in [0.1, 0.15) is 22.8 Å². The molecule has 6 nitrogen and oxygen atoms in total. The molecule has 0 aromatic heterocycles. The van der Waals surface area contributed by atoms with Crippen LogP contribution in [0, 0.1) is 0 Å². The van der Waals surface area contributed by atoms with Gasteiger partial charge >= 0.3 is 5.97 Å². The van der Waals surface area contributed by atoms with Crippen LogP contribution >= 0.6 is 0 Å². The van der Waals surface area contributed by atoms with E-state index in [-0.39, 0.29) is 23.7 Å². The summed E-state index contributed by atoms with van der Waals surface area (Å²) in [6.07, 6.45) is 0.589. The Bertz CT molecular complexity index is 526. The zero-order chi connectivity index (χ0) is 15.3. The molecule has 1 aromatic carbocycles. The minimum atomic E-state index is -0.948. The second kappa shape index (κ2) is 6.69. The van der Waals surface area contributed by atoms with Gasteiger partial charge in [0.05, 0.1) is 11.2 Å². The number of carbonyl (C=O) groups excluding carboxylic acids is 1.